The summed E-state index contributed by atoms with van der Waals surface area (Å²) in [5.74, 6) is -0.904. The van der Waals surface area contributed by atoms with Gasteiger partial charge in [0.05, 0.1) is 0 Å². The van der Waals surface area contributed by atoms with Crippen molar-refractivity contribution in [3.63, 3.8) is 0 Å². The molecule has 0 amide bonds. The van der Waals surface area contributed by atoms with Gasteiger partial charge in [-0.1, -0.05) is 230 Å². The lowest BCUT2D eigenvalue weighted by Crippen LogP contribution is -2.30. The molecule has 0 aliphatic carbocycles. The van der Waals surface area contributed by atoms with Crippen LogP contribution in [0.5, 0.6) is 0 Å². The Bertz CT molecular complexity index is 1150. The van der Waals surface area contributed by atoms with E-state index in [-0.39, 0.29) is 31.1 Å². The summed E-state index contributed by atoms with van der Waals surface area (Å²) in [6.07, 6.45) is 66.7. The zero-order valence-corrected chi connectivity index (χ0v) is 44.0. The van der Waals surface area contributed by atoms with E-state index in [9.17, 15) is 14.4 Å². The van der Waals surface area contributed by atoms with Crippen molar-refractivity contribution >= 4 is 17.9 Å². The van der Waals surface area contributed by atoms with Gasteiger partial charge in [0.15, 0.2) is 6.10 Å². The van der Waals surface area contributed by atoms with E-state index in [0.29, 0.717) is 19.3 Å². The van der Waals surface area contributed by atoms with Crippen LogP contribution in [-0.2, 0) is 28.6 Å². The lowest BCUT2D eigenvalue weighted by atomic mass is 10.1. The normalized spacial score (nSPS) is 12.3. The Morgan fingerprint density at radius 1 is 0.303 bits per heavy atom. The van der Waals surface area contributed by atoms with Crippen LogP contribution in [0.3, 0.4) is 0 Å². The third-order valence-electron chi connectivity index (χ3n) is 12.6. The fraction of sp³-hybridized carbons (Fsp3) is 0.817. The molecule has 0 saturated heterocycles. The van der Waals surface area contributed by atoms with E-state index < -0.39 is 6.10 Å². The Morgan fingerprint density at radius 2 is 0.545 bits per heavy atom. The SMILES string of the molecule is CCCCC/C=C\C=C/CCCCCCCCC(=O)OC(COC(=O)CCCCC/C=C\CCCCCCCCC)COC(=O)CCCCCCCCC/C=C\CCCCCCCCCC. The minimum absolute atomic E-state index is 0.0836. The van der Waals surface area contributed by atoms with E-state index in [2.05, 4.69) is 69.4 Å². The van der Waals surface area contributed by atoms with Crippen molar-refractivity contribution in [1.82, 2.24) is 0 Å². The molecule has 6 nitrogen and oxygen atoms in total. The number of esters is 3. The lowest BCUT2D eigenvalue weighted by Gasteiger charge is -2.18. The van der Waals surface area contributed by atoms with Crippen LogP contribution in [0.4, 0.5) is 0 Å². The molecule has 1 atom stereocenters. The molecular formula is C60H108O6. The predicted molar refractivity (Wildman–Crippen MR) is 284 cm³/mol. The van der Waals surface area contributed by atoms with Crippen LogP contribution in [0, 0.1) is 0 Å². The van der Waals surface area contributed by atoms with Gasteiger partial charge >= 0.3 is 17.9 Å². The molecule has 0 aliphatic rings. The van der Waals surface area contributed by atoms with Gasteiger partial charge in [-0.25, -0.2) is 0 Å². The molecule has 0 rings (SSSR count). The van der Waals surface area contributed by atoms with E-state index in [4.69, 9.17) is 14.2 Å². The summed E-state index contributed by atoms with van der Waals surface area (Å²) in [4.78, 5) is 38.1. The fourth-order valence-electron chi connectivity index (χ4n) is 8.19. The zero-order valence-electron chi connectivity index (χ0n) is 44.0. The van der Waals surface area contributed by atoms with Crippen LogP contribution in [0.15, 0.2) is 48.6 Å². The van der Waals surface area contributed by atoms with Gasteiger partial charge in [0, 0.05) is 19.3 Å². The highest BCUT2D eigenvalue weighted by atomic mass is 16.6. The van der Waals surface area contributed by atoms with Gasteiger partial charge in [0.25, 0.3) is 0 Å². The van der Waals surface area contributed by atoms with E-state index in [1.165, 1.54) is 173 Å². The van der Waals surface area contributed by atoms with Gasteiger partial charge in [-0.3, -0.25) is 14.4 Å². The standard InChI is InChI=1S/C60H108O6/c1-4-7-10-13-16-19-22-25-28-29-30-31-33-35-38-41-44-47-50-53-59(62)65-56-57(55-64-58(61)52-49-46-43-40-37-34-27-24-21-18-15-12-9-6-3)66-60(63)54-51-48-45-42-39-36-32-26-23-20-17-14-11-8-5-2/h17,20,23,26,29-30,34,37,57H,4-16,18-19,21-22,24-25,27-28,31-33,35-36,38-56H2,1-3H3/b20-17-,26-23-,30-29-,37-34-. The number of allylic oxidation sites excluding steroid dienone is 8. The minimum Gasteiger partial charge on any atom is -0.462 e. The first-order valence-electron chi connectivity index (χ1n) is 28.7. The van der Waals surface area contributed by atoms with Crippen LogP contribution in [0.25, 0.3) is 0 Å². The summed E-state index contributed by atoms with van der Waals surface area (Å²) in [5.41, 5.74) is 0. The van der Waals surface area contributed by atoms with Crippen molar-refractivity contribution < 1.29 is 28.6 Å². The third-order valence-corrected chi connectivity index (χ3v) is 12.6. The maximum absolute atomic E-state index is 12.8. The molecular weight excluding hydrogens is 817 g/mol. The van der Waals surface area contributed by atoms with Crippen LogP contribution in [0.1, 0.15) is 297 Å². The molecule has 0 bridgehead atoms. The second kappa shape index (κ2) is 55.0. The van der Waals surface area contributed by atoms with Crippen molar-refractivity contribution in [1.29, 1.82) is 0 Å². The molecule has 66 heavy (non-hydrogen) atoms. The van der Waals surface area contributed by atoms with Crippen LogP contribution >= 0.6 is 0 Å². The van der Waals surface area contributed by atoms with Crippen molar-refractivity contribution in [3.8, 4) is 0 Å². The van der Waals surface area contributed by atoms with E-state index in [0.717, 1.165) is 83.5 Å². The molecule has 0 aromatic heterocycles. The first kappa shape index (κ1) is 63.4. The minimum atomic E-state index is -0.786. The number of hydrogen-bond acceptors (Lipinski definition) is 6. The molecule has 0 aliphatic heterocycles. The Balaban J connectivity index is 4.38. The van der Waals surface area contributed by atoms with Crippen LogP contribution < -0.4 is 0 Å². The van der Waals surface area contributed by atoms with E-state index in [1.54, 1.807) is 0 Å². The van der Waals surface area contributed by atoms with Crippen LogP contribution in [-0.4, -0.2) is 37.2 Å². The molecule has 0 N–H and O–H groups in total. The lowest BCUT2D eigenvalue weighted by molar-refractivity contribution is -0.167. The maximum Gasteiger partial charge on any atom is 0.306 e. The van der Waals surface area contributed by atoms with Gasteiger partial charge in [-0.15, -0.1) is 0 Å². The van der Waals surface area contributed by atoms with Gasteiger partial charge in [-0.05, 0) is 96.3 Å². The molecule has 0 aromatic carbocycles. The Hall–Kier alpha value is -2.63. The first-order chi connectivity index (χ1) is 32.5. The molecule has 0 aromatic rings. The molecule has 0 heterocycles. The second-order valence-electron chi connectivity index (χ2n) is 19.2. The summed E-state index contributed by atoms with van der Waals surface area (Å²) < 4.78 is 16.8. The average molecular weight is 926 g/mol. The molecule has 0 spiro atoms. The number of hydrogen-bond donors (Lipinski definition) is 0. The largest absolute Gasteiger partial charge is 0.462 e. The maximum atomic E-state index is 12.8. The topological polar surface area (TPSA) is 78.9 Å². The monoisotopic (exact) mass is 925 g/mol. The second-order valence-corrected chi connectivity index (χ2v) is 19.2. The number of unbranched alkanes of at least 4 members (excludes halogenated alkanes) is 34. The number of carbonyl (C=O) groups excluding carboxylic acids is 3. The highest BCUT2D eigenvalue weighted by molar-refractivity contribution is 5.71. The van der Waals surface area contributed by atoms with E-state index >= 15 is 0 Å². The molecule has 6 heteroatoms. The average Bonchev–Trinajstić information content (AvgIpc) is 3.31. The fourth-order valence-corrected chi connectivity index (χ4v) is 8.19. The zero-order chi connectivity index (χ0) is 47.9. The van der Waals surface area contributed by atoms with Crippen molar-refractivity contribution in [2.24, 2.45) is 0 Å². The highest BCUT2D eigenvalue weighted by Crippen LogP contribution is 2.15. The smallest absolute Gasteiger partial charge is 0.306 e. The molecule has 0 fully saturated rings. The van der Waals surface area contributed by atoms with E-state index in [1.807, 2.05) is 0 Å². The molecule has 0 saturated carbocycles. The first-order valence-corrected chi connectivity index (χ1v) is 28.7. The Morgan fingerprint density at radius 3 is 0.894 bits per heavy atom. The quantitative estimate of drug-likeness (QED) is 0.0199. The van der Waals surface area contributed by atoms with Gasteiger partial charge in [-0.2, -0.15) is 0 Å². The molecule has 0 radical (unpaired) electrons. The van der Waals surface area contributed by atoms with Crippen molar-refractivity contribution in [2.75, 3.05) is 13.2 Å². The van der Waals surface area contributed by atoms with Gasteiger partial charge in [0.2, 0.25) is 0 Å². The Kier molecular flexibility index (Phi) is 52.8. The Labute approximate surface area is 409 Å². The summed E-state index contributed by atoms with van der Waals surface area (Å²) in [6, 6.07) is 0. The molecule has 384 valence electrons. The van der Waals surface area contributed by atoms with Crippen molar-refractivity contribution in [2.45, 2.75) is 303 Å². The number of ether oxygens (including phenoxy) is 3. The predicted octanol–water partition coefficient (Wildman–Crippen LogP) is 19.0. The highest BCUT2D eigenvalue weighted by Gasteiger charge is 2.19. The summed E-state index contributed by atoms with van der Waals surface area (Å²) in [5, 5.41) is 0. The number of rotatable bonds is 52. The molecule has 1 unspecified atom stereocenters. The van der Waals surface area contributed by atoms with Crippen molar-refractivity contribution in [3.05, 3.63) is 48.6 Å². The summed E-state index contributed by atoms with van der Waals surface area (Å²) in [7, 11) is 0. The number of carbonyl (C=O) groups is 3. The summed E-state index contributed by atoms with van der Waals surface area (Å²) >= 11 is 0. The van der Waals surface area contributed by atoms with Crippen LogP contribution in [0.2, 0.25) is 0 Å². The van der Waals surface area contributed by atoms with Gasteiger partial charge < -0.3 is 14.2 Å². The van der Waals surface area contributed by atoms with Gasteiger partial charge in [0.1, 0.15) is 13.2 Å². The third kappa shape index (κ3) is 52.3. The summed E-state index contributed by atoms with van der Waals surface area (Å²) in [6.45, 7) is 6.61.